The van der Waals surface area contributed by atoms with Gasteiger partial charge in [-0.2, -0.15) is 0 Å². The Kier molecular flexibility index (Phi) is 6.80. The highest BCUT2D eigenvalue weighted by Gasteiger charge is 2.27. The molecule has 0 atom stereocenters. The standard InChI is InChI=1S/C15H30N2O2/c1-4-5-6-9-16-14(18)13-7-10-17(11-8-13)12-15(2,3)19/h13,19H,4-12H2,1-3H3,(H,16,18). The molecule has 0 unspecified atom stereocenters. The number of carbonyl (C=O) groups is 1. The van der Waals surface area contributed by atoms with E-state index in [1.54, 1.807) is 0 Å². The fourth-order valence-electron chi connectivity index (χ4n) is 2.63. The third kappa shape index (κ3) is 6.92. The molecular weight excluding hydrogens is 240 g/mol. The Balaban J connectivity index is 2.20. The molecule has 0 spiro atoms. The van der Waals surface area contributed by atoms with Gasteiger partial charge in [0.05, 0.1) is 5.60 Å². The number of nitrogens with zero attached hydrogens (tertiary/aromatic N) is 1. The van der Waals surface area contributed by atoms with E-state index in [0.29, 0.717) is 6.54 Å². The quantitative estimate of drug-likeness (QED) is 0.693. The van der Waals surface area contributed by atoms with E-state index in [-0.39, 0.29) is 11.8 Å². The molecule has 1 rings (SSSR count). The van der Waals surface area contributed by atoms with Crippen LogP contribution in [0.5, 0.6) is 0 Å². The second kappa shape index (κ2) is 7.85. The van der Waals surface area contributed by atoms with Crippen molar-refractivity contribution in [1.29, 1.82) is 0 Å². The fraction of sp³-hybridized carbons (Fsp3) is 0.933. The van der Waals surface area contributed by atoms with Gasteiger partial charge in [0.25, 0.3) is 0 Å². The van der Waals surface area contributed by atoms with Gasteiger partial charge in [0.1, 0.15) is 0 Å². The molecule has 19 heavy (non-hydrogen) atoms. The summed E-state index contributed by atoms with van der Waals surface area (Å²) in [5.41, 5.74) is -0.644. The maximum atomic E-state index is 12.0. The Hall–Kier alpha value is -0.610. The first-order chi connectivity index (χ1) is 8.92. The van der Waals surface area contributed by atoms with Gasteiger partial charge >= 0.3 is 0 Å². The average Bonchev–Trinajstić information content (AvgIpc) is 2.33. The summed E-state index contributed by atoms with van der Waals surface area (Å²) in [5, 5.41) is 12.8. The SMILES string of the molecule is CCCCCNC(=O)C1CCN(CC(C)(C)O)CC1. The minimum Gasteiger partial charge on any atom is -0.389 e. The summed E-state index contributed by atoms with van der Waals surface area (Å²) in [7, 11) is 0. The molecule has 4 heteroatoms. The monoisotopic (exact) mass is 270 g/mol. The van der Waals surface area contributed by atoms with Crippen molar-refractivity contribution < 1.29 is 9.90 Å². The van der Waals surface area contributed by atoms with Crippen LogP contribution in [-0.4, -0.2) is 47.7 Å². The molecule has 2 N–H and O–H groups in total. The molecule has 112 valence electrons. The van der Waals surface area contributed by atoms with Crippen molar-refractivity contribution in [2.45, 2.75) is 58.5 Å². The number of β-amino-alcohol motifs (C(OH)–C–C–N with tert-alkyl or cyclic N) is 1. The molecule has 0 saturated carbocycles. The van der Waals surface area contributed by atoms with Gasteiger partial charge in [0, 0.05) is 19.0 Å². The second-order valence-electron chi connectivity index (χ2n) is 6.36. The van der Waals surface area contributed by atoms with E-state index in [2.05, 4.69) is 17.1 Å². The highest BCUT2D eigenvalue weighted by molar-refractivity contribution is 5.78. The number of aliphatic hydroxyl groups is 1. The van der Waals surface area contributed by atoms with E-state index in [1.165, 1.54) is 12.8 Å². The van der Waals surface area contributed by atoms with E-state index < -0.39 is 5.60 Å². The minimum atomic E-state index is -0.644. The Morgan fingerprint density at radius 2 is 1.95 bits per heavy atom. The largest absolute Gasteiger partial charge is 0.389 e. The third-order valence-corrected chi connectivity index (χ3v) is 3.65. The number of carbonyl (C=O) groups excluding carboxylic acids is 1. The van der Waals surface area contributed by atoms with E-state index >= 15 is 0 Å². The van der Waals surface area contributed by atoms with Gasteiger partial charge in [-0.1, -0.05) is 19.8 Å². The highest BCUT2D eigenvalue weighted by Crippen LogP contribution is 2.19. The predicted octanol–water partition coefficient (Wildman–Crippen LogP) is 1.78. The van der Waals surface area contributed by atoms with Crippen LogP contribution in [0, 0.1) is 5.92 Å². The Bertz CT molecular complexity index is 266. The lowest BCUT2D eigenvalue weighted by molar-refractivity contribution is -0.126. The van der Waals surface area contributed by atoms with Gasteiger partial charge in [-0.05, 0) is 46.2 Å². The molecule has 0 aromatic carbocycles. The van der Waals surface area contributed by atoms with Gasteiger partial charge in [0.2, 0.25) is 5.91 Å². The molecule has 1 heterocycles. The van der Waals surface area contributed by atoms with Crippen molar-refractivity contribution in [2.24, 2.45) is 5.92 Å². The zero-order valence-corrected chi connectivity index (χ0v) is 12.7. The lowest BCUT2D eigenvalue weighted by Gasteiger charge is -2.34. The van der Waals surface area contributed by atoms with Crippen molar-refractivity contribution in [1.82, 2.24) is 10.2 Å². The molecule has 0 bridgehead atoms. The number of nitrogens with one attached hydrogen (secondary N) is 1. The van der Waals surface area contributed by atoms with Crippen molar-refractivity contribution in [3.8, 4) is 0 Å². The zero-order valence-electron chi connectivity index (χ0n) is 12.7. The molecule has 0 aromatic rings. The summed E-state index contributed by atoms with van der Waals surface area (Å²) in [6.45, 7) is 9.17. The Morgan fingerprint density at radius 1 is 1.32 bits per heavy atom. The summed E-state index contributed by atoms with van der Waals surface area (Å²) < 4.78 is 0. The van der Waals surface area contributed by atoms with E-state index in [4.69, 9.17) is 0 Å². The zero-order chi connectivity index (χ0) is 14.3. The number of rotatable bonds is 7. The van der Waals surface area contributed by atoms with Gasteiger partial charge in [-0.15, -0.1) is 0 Å². The number of hydrogen-bond donors (Lipinski definition) is 2. The minimum absolute atomic E-state index is 0.166. The molecule has 4 nitrogen and oxygen atoms in total. The third-order valence-electron chi connectivity index (χ3n) is 3.65. The first-order valence-electron chi connectivity index (χ1n) is 7.65. The lowest BCUT2D eigenvalue weighted by atomic mass is 9.95. The van der Waals surface area contributed by atoms with Crippen LogP contribution in [-0.2, 0) is 4.79 Å². The summed E-state index contributed by atoms with van der Waals surface area (Å²) in [6, 6.07) is 0. The number of likely N-dealkylation sites (tertiary alicyclic amines) is 1. The summed E-state index contributed by atoms with van der Waals surface area (Å²) >= 11 is 0. The van der Waals surface area contributed by atoms with Crippen LogP contribution in [0.25, 0.3) is 0 Å². The molecule has 0 aliphatic carbocycles. The smallest absolute Gasteiger partial charge is 0.223 e. The van der Waals surface area contributed by atoms with Crippen molar-refractivity contribution in [2.75, 3.05) is 26.2 Å². The molecule has 1 aliphatic rings. The molecular formula is C15H30N2O2. The molecule has 1 saturated heterocycles. The van der Waals surface area contributed by atoms with Gasteiger partial charge in [0.15, 0.2) is 0 Å². The Morgan fingerprint density at radius 3 is 2.47 bits per heavy atom. The van der Waals surface area contributed by atoms with Crippen LogP contribution in [0.3, 0.4) is 0 Å². The van der Waals surface area contributed by atoms with Crippen LogP contribution in [0.1, 0.15) is 52.9 Å². The highest BCUT2D eigenvalue weighted by atomic mass is 16.3. The van der Waals surface area contributed by atoms with Crippen molar-refractivity contribution in [3.63, 3.8) is 0 Å². The first kappa shape index (κ1) is 16.4. The summed E-state index contributed by atoms with van der Waals surface area (Å²) in [4.78, 5) is 14.2. The topological polar surface area (TPSA) is 52.6 Å². The van der Waals surface area contributed by atoms with E-state index in [1.807, 2.05) is 13.8 Å². The molecule has 1 amide bonds. The maximum Gasteiger partial charge on any atom is 0.223 e. The molecule has 1 aliphatic heterocycles. The molecule has 1 fully saturated rings. The Labute approximate surface area is 117 Å². The number of piperidine rings is 1. The fourth-order valence-corrected chi connectivity index (χ4v) is 2.63. The van der Waals surface area contributed by atoms with Crippen LogP contribution >= 0.6 is 0 Å². The normalized spacial score (nSPS) is 18.5. The molecule has 0 aromatic heterocycles. The van der Waals surface area contributed by atoms with Gasteiger partial charge < -0.3 is 15.3 Å². The summed E-state index contributed by atoms with van der Waals surface area (Å²) in [6.07, 6.45) is 5.28. The van der Waals surface area contributed by atoms with Crippen molar-refractivity contribution >= 4 is 5.91 Å². The predicted molar refractivity (Wildman–Crippen MR) is 78.0 cm³/mol. The number of unbranched alkanes of at least 4 members (excludes halogenated alkanes) is 2. The lowest BCUT2D eigenvalue weighted by Crippen LogP contribution is -2.45. The second-order valence-corrected chi connectivity index (χ2v) is 6.36. The first-order valence-corrected chi connectivity index (χ1v) is 7.65. The van der Waals surface area contributed by atoms with Crippen molar-refractivity contribution in [3.05, 3.63) is 0 Å². The van der Waals surface area contributed by atoms with Crippen LogP contribution in [0.4, 0.5) is 0 Å². The summed E-state index contributed by atoms with van der Waals surface area (Å²) in [5.74, 6) is 0.388. The van der Waals surface area contributed by atoms with Crippen LogP contribution in [0.15, 0.2) is 0 Å². The van der Waals surface area contributed by atoms with E-state index in [9.17, 15) is 9.90 Å². The van der Waals surface area contributed by atoms with Crippen LogP contribution < -0.4 is 5.32 Å². The van der Waals surface area contributed by atoms with Crippen LogP contribution in [0.2, 0.25) is 0 Å². The average molecular weight is 270 g/mol. The van der Waals surface area contributed by atoms with Gasteiger partial charge in [-0.25, -0.2) is 0 Å². The number of amides is 1. The number of hydrogen-bond acceptors (Lipinski definition) is 3. The maximum absolute atomic E-state index is 12.0. The van der Waals surface area contributed by atoms with E-state index in [0.717, 1.165) is 38.9 Å². The molecule has 0 radical (unpaired) electrons. The van der Waals surface area contributed by atoms with Gasteiger partial charge in [-0.3, -0.25) is 4.79 Å².